The van der Waals surface area contributed by atoms with Gasteiger partial charge in [0.25, 0.3) is 0 Å². The van der Waals surface area contributed by atoms with Gasteiger partial charge in [-0.05, 0) is 5.53 Å². The predicted molar refractivity (Wildman–Crippen MR) is 37.8 cm³/mol. The molecule has 0 aromatic carbocycles. The van der Waals surface area contributed by atoms with Gasteiger partial charge in [0.15, 0.2) is 0 Å². The number of aliphatic hydroxyl groups excluding tert-OH is 1. The summed E-state index contributed by atoms with van der Waals surface area (Å²) in [6.45, 7) is 0.278. The third-order valence-corrected chi connectivity index (χ3v) is 0.867. The van der Waals surface area contributed by atoms with Gasteiger partial charge in [0.2, 0.25) is 0 Å². The Morgan fingerprint density at radius 1 is 1.73 bits per heavy atom. The van der Waals surface area contributed by atoms with Crippen molar-refractivity contribution >= 4 is 0 Å². The summed E-state index contributed by atoms with van der Waals surface area (Å²) in [6.07, 6.45) is -0.749. The fourth-order valence-electron chi connectivity index (χ4n) is 0.451. The molecule has 0 saturated heterocycles. The van der Waals surface area contributed by atoms with Gasteiger partial charge in [-0.25, -0.2) is 0 Å². The molecule has 64 valence electrons. The van der Waals surface area contributed by atoms with Gasteiger partial charge in [-0.15, -0.1) is 0 Å². The number of azide groups is 1. The Kier molecular flexibility index (Phi) is 6.76. The fourth-order valence-corrected chi connectivity index (χ4v) is 0.451. The number of methoxy groups -OCH3 is 1. The molecule has 0 aliphatic carbocycles. The zero-order valence-electron chi connectivity index (χ0n) is 6.30. The van der Waals surface area contributed by atoms with E-state index in [0.717, 1.165) is 0 Å². The quantitative estimate of drug-likeness (QED) is 0.199. The van der Waals surface area contributed by atoms with Crippen LogP contribution in [0.2, 0.25) is 0 Å². The van der Waals surface area contributed by atoms with Crippen LogP contribution in [-0.2, 0) is 9.47 Å². The summed E-state index contributed by atoms with van der Waals surface area (Å²) >= 11 is 0. The van der Waals surface area contributed by atoms with Gasteiger partial charge >= 0.3 is 0 Å². The second-order valence-corrected chi connectivity index (χ2v) is 1.84. The minimum absolute atomic E-state index is 0.0280. The van der Waals surface area contributed by atoms with Gasteiger partial charge in [-0.1, -0.05) is 5.11 Å². The molecule has 1 atom stereocenters. The van der Waals surface area contributed by atoms with Crippen LogP contribution in [0, 0.1) is 0 Å². The molecular formula is C5H11N3O3. The molecule has 1 N–H and O–H groups in total. The molecule has 11 heavy (non-hydrogen) atoms. The van der Waals surface area contributed by atoms with E-state index in [4.69, 9.17) is 15.4 Å². The molecule has 6 heteroatoms. The lowest BCUT2D eigenvalue weighted by molar-refractivity contribution is -0.0593. The van der Waals surface area contributed by atoms with Crippen LogP contribution >= 0.6 is 0 Å². The molecule has 0 bridgehead atoms. The van der Waals surface area contributed by atoms with Gasteiger partial charge in [-0.3, -0.25) is 0 Å². The zero-order chi connectivity index (χ0) is 8.53. The van der Waals surface area contributed by atoms with Gasteiger partial charge in [-0.2, -0.15) is 0 Å². The standard InChI is InChI=1S/C5H11N3O3/c1-10-4-11-3-5(9)2-7-8-6/h5,9H,2-4H2,1H3/t5-/m0/s1. The molecule has 0 radical (unpaired) electrons. The summed E-state index contributed by atoms with van der Waals surface area (Å²) in [5.41, 5.74) is 7.87. The number of rotatable bonds is 6. The number of hydrogen-bond acceptors (Lipinski definition) is 4. The van der Waals surface area contributed by atoms with Crippen LogP contribution < -0.4 is 0 Å². The van der Waals surface area contributed by atoms with Crippen LogP contribution in [0.3, 0.4) is 0 Å². The highest BCUT2D eigenvalue weighted by atomic mass is 16.7. The third kappa shape index (κ3) is 7.08. The van der Waals surface area contributed by atoms with Crippen molar-refractivity contribution in [2.45, 2.75) is 6.10 Å². The lowest BCUT2D eigenvalue weighted by atomic mass is 10.4. The fraction of sp³-hybridized carbons (Fsp3) is 1.00. The Balaban J connectivity index is 3.21. The number of aliphatic hydroxyl groups is 1. The topological polar surface area (TPSA) is 87.5 Å². The number of nitrogens with zero attached hydrogens (tertiary/aromatic N) is 3. The first-order chi connectivity index (χ1) is 5.31. The van der Waals surface area contributed by atoms with Crippen LogP contribution in [-0.4, -0.2) is 38.3 Å². The average molecular weight is 161 g/mol. The van der Waals surface area contributed by atoms with E-state index in [0.29, 0.717) is 0 Å². The minimum atomic E-state index is -0.749. The molecule has 0 saturated carbocycles. The van der Waals surface area contributed by atoms with Gasteiger partial charge < -0.3 is 14.6 Å². The molecular weight excluding hydrogens is 150 g/mol. The van der Waals surface area contributed by atoms with Crippen LogP contribution in [0.25, 0.3) is 10.4 Å². The first kappa shape index (κ1) is 10.2. The van der Waals surface area contributed by atoms with E-state index in [-0.39, 0.29) is 19.9 Å². The lowest BCUT2D eigenvalue weighted by Crippen LogP contribution is -2.18. The maximum atomic E-state index is 8.96. The second-order valence-electron chi connectivity index (χ2n) is 1.84. The van der Waals surface area contributed by atoms with Crippen molar-refractivity contribution in [1.29, 1.82) is 0 Å². The van der Waals surface area contributed by atoms with E-state index in [1.54, 1.807) is 0 Å². The van der Waals surface area contributed by atoms with Crippen molar-refractivity contribution in [1.82, 2.24) is 0 Å². The van der Waals surface area contributed by atoms with Gasteiger partial charge in [0, 0.05) is 12.0 Å². The summed E-state index contributed by atoms with van der Waals surface area (Å²) in [6, 6.07) is 0. The summed E-state index contributed by atoms with van der Waals surface area (Å²) in [4.78, 5) is 2.48. The highest BCUT2D eigenvalue weighted by Gasteiger charge is 2.00. The summed E-state index contributed by atoms with van der Waals surface area (Å²) in [5, 5.41) is 12.1. The first-order valence-corrected chi connectivity index (χ1v) is 3.07. The SMILES string of the molecule is COCOC[C@@H](O)CN=[N+]=[N-]. The molecule has 6 nitrogen and oxygen atoms in total. The van der Waals surface area contributed by atoms with Crippen molar-refractivity contribution in [2.24, 2.45) is 5.11 Å². The molecule has 0 rings (SSSR count). The first-order valence-electron chi connectivity index (χ1n) is 3.07. The average Bonchev–Trinajstić information content (AvgIpc) is 2.01. The van der Waals surface area contributed by atoms with Gasteiger partial charge in [0.1, 0.15) is 6.79 Å². The smallest absolute Gasteiger partial charge is 0.146 e. The molecule has 0 aliphatic heterocycles. The molecule has 0 amide bonds. The maximum Gasteiger partial charge on any atom is 0.146 e. The van der Waals surface area contributed by atoms with E-state index in [1.165, 1.54) is 7.11 Å². The van der Waals surface area contributed by atoms with E-state index in [2.05, 4.69) is 14.8 Å². The van der Waals surface area contributed by atoms with Crippen LogP contribution in [0.1, 0.15) is 0 Å². The van der Waals surface area contributed by atoms with Gasteiger partial charge in [0.05, 0.1) is 19.3 Å². The zero-order valence-corrected chi connectivity index (χ0v) is 6.30. The summed E-state index contributed by atoms with van der Waals surface area (Å²) < 4.78 is 9.35. The van der Waals surface area contributed by atoms with E-state index < -0.39 is 6.10 Å². The monoisotopic (exact) mass is 161 g/mol. The van der Waals surface area contributed by atoms with Crippen molar-refractivity contribution < 1.29 is 14.6 Å². The number of ether oxygens (including phenoxy) is 2. The van der Waals surface area contributed by atoms with Crippen molar-refractivity contribution in [3.05, 3.63) is 10.4 Å². The lowest BCUT2D eigenvalue weighted by Gasteiger charge is -2.06. The Morgan fingerprint density at radius 2 is 2.45 bits per heavy atom. The summed E-state index contributed by atoms with van der Waals surface area (Å²) in [7, 11) is 1.49. The van der Waals surface area contributed by atoms with E-state index >= 15 is 0 Å². The Hall–Kier alpha value is -0.810. The van der Waals surface area contributed by atoms with E-state index in [9.17, 15) is 0 Å². The highest BCUT2D eigenvalue weighted by molar-refractivity contribution is 4.57. The van der Waals surface area contributed by atoms with Crippen LogP contribution in [0.4, 0.5) is 0 Å². The second kappa shape index (κ2) is 7.30. The third-order valence-electron chi connectivity index (χ3n) is 0.867. The van der Waals surface area contributed by atoms with Crippen molar-refractivity contribution in [3.8, 4) is 0 Å². The van der Waals surface area contributed by atoms with Crippen molar-refractivity contribution in [2.75, 3.05) is 27.1 Å². The van der Waals surface area contributed by atoms with Crippen LogP contribution in [0.15, 0.2) is 5.11 Å². The summed E-state index contributed by atoms with van der Waals surface area (Å²) in [5.74, 6) is 0. The van der Waals surface area contributed by atoms with Crippen molar-refractivity contribution in [3.63, 3.8) is 0 Å². The predicted octanol–water partition coefficient (Wildman–Crippen LogP) is 0.278. The molecule has 0 aliphatic rings. The number of hydrogen-bond donors (Lipinski definition) is 1. The molecule has 0 spiro atoms. The van der Waals surface area contributed by atoms with Crippen LogP contribution in [0.5, 0.6) is 0 Å². The highest BCUT2D eigenvalue weighted by Crippen LogP contribution is 1.86. The molecule has 0 heterocycles. The molecule has 0 unspecified atom stereocenters. The maximum absolute atomic E-state index is 8.96. The molecule has 0 aromatic heterocycles. The Bertz CT molecular complexity index is 135. The molecule has 0 fully saturated rings. The largest absolute Gasteiger partial charge is 0.391 e. The Labute approximate surface area is 64.4 Å². The Morgan fingerprint density at radius 3 is 3.00 bits per heavy atom. The molecule has 0 aromatic rings. The normalized spacial score (nSPS) is 12.2. The van der Waals surface area contributed by atoms with E-state index in [1.807, 2.05) is 0 Å². The minimum Gasteiger partial charge on any atom is -0.391 e.